The van der Waals surface area contributed by atoms with Crippen molar-refractivity contribution in [2.45, 2.75) is 56.1 Å². The molecule has 2 unspecified atom stereocenters. The first-order chi connectivity index (χ1) is 17.4. The Morgan fingerprint density at radius 1 is 1.35 bits per heavy atom. The van der Waals surface area contributed by atoms with E-state index >= 15 is 4.39 Å². The molecule has 0 saturated carbocycles. The number of ether oxygens (including phenoxy) is 1. The van der Waals surface area contributed by atoms with Crippen LogP contribution in [-0.2, 0) is 15.4 Å². The minimum atomic E-state index is -4.22. The third kappa shape index (κ3) is 4.64. The van der Waals surface area contributed by atoms with E-state index in [0.29, 0.717) is 0 Å². The summed E-state index contributed by atoms with van der Waals surface area (Å²) < 4.78 is 59.7. The van der Waals surface area contributed by atoms with Crippen molar-refractivity contribution in [2.24, 2.45) is 10.7 Å². The summed E-state index contributed by atoms with van der Waals surface area (Å²) in [6.45, 7) is 4.88. The van der Waals surface area contributed by atoms with E-state index in [1.54, 1.807) is 13.8 Å². The topological polar surface area (TPSA) is 137 Å². The number of nitrogens with one attached hydrogen (secondary N) is 1. The first-order valence-corrected chi connectivity index (χ1v) is 13.1. The number of halogens is 2. The number of benzene rings is 1. The third-order valence-corrected chi connectivity index (χ3v) is 9.97. The van der Waals surface area contributed by atoms with E-state index in [9.17, 15) is 17.6 Å². The first-order valence-electron chi connectivity index (χ1n) is 11.6. The van der Waals surface area contributed by atoms with Crippen LogP contribution in [0, 0.1) is 25.1 Å². The molecule has 1 amide bonds. The minimum absolute atomic E-state index is 0.00485. The number of amides is 1. The maximum atomic E-state index is 15.2. The fraction of sp³-hybridized carbons (Fsp3) is 0.440. The molecule has 0 fully saturated rings. The number of carbonyl (C=O) groups is 1. The molecule has 1 aromatic heterocycles. The van der Waals surface area contributed by atoms with Crippen molar-refractivity contribution >= 4 is 27.3 Å². The zero-order chi connectivity index (χ0) is 27.6. The molecule has 1 aliphatic heterocycles. The summed E-state index contributed by atoms with van der Waals surface area (Å²) in [5, 5.41) is 1.36. The maximum Gasteiger partial charge on any atom is 0.276 e. The Morgan fingerprint density at radius 2 is 2.05 bits per heavy atom. The zero-order valence-corrected chi connectivity index (χ0v) is 21.8. The SMILES string of the molecule is C#CCOc1cnc(C(=O)Nc2ccc(F)c([C@@]3(C)N=C(N)C(CC)(CF)S(=O)(=O)C3CC)c2)c(C)n1. The molecule has 0 aliphatic carbocycles. The number of aryl methyl sites for hydroxylation is 1. The summed E-state index contributed by atoms with van der Waals surface area (Å²) in [4.78, 5) is 25.5. The van der Waals surface area contributed by atoms with Crippen LogP contribution >= 0.6 is 0 Å². The van der Waals surface area contributed by atoms with Gasteiger partial charge in [0.1, 0.15) is 29.6 Å². The lowest BCUT2D eigenvalue weighted by atomic mass is 9.85. The van der Waals surface area contributed by atoms with E-state index in [0.717, 1.165) is 6.07 Å². The van der Waals surface area contributed by atoms with Gasteiger partial charge in [0.05, 0.1) is 17.1 Å². The van der Waals surface area contributed by atoms with E-state index < -0.39 is 49.6 Å². The fourth-order valence-electron chi connectivity index (χ4n) is 4.67. The second kappa shape index (κ2) is 10.4. The van der Waals surface area contributed by atoms with Crippen LogP contribution in [0.25, 0.3) is 0 Å². The van der Waals surface area contributed by atoms with Crippen LogP contribution in [0.5, 0.6) is 5.88 Å². The number of nitrogens with zero attached hydrogens (tertiary/aromatic N) is 3. The molecule has 0 radical (unpaired) electrons. The number of nitrogens with two attached hydrogens (primary N) is 1. The molecule has 1 aromatic carbocycles. The summed E-state index contributed by atoms with van der Waals surface area (Å²) in [5.74, 6) is 0.662. The monoisotopic (exact) mass is 533 g/mol. The van der Waals surface area contributed by atoms with Crippen molar-refractivity contribution in [3.05, 3.63) is 47.2 Å². The molecule has 0 spiro atoms. The second-order valence-corrected chi connectivity index (χ2v) is 11.3. The lowest BCUT2D eigenvalue weighted by Gasteiger charge is -2.45. The van der Waals surface area contributed by atoms with Gasteiger partial charge in [-0.3, -0.25) is 9.79 Å². The molecule has 9 nitrogen and oxygen atoms in total. The number of anilines is 1. The third-order valence-electron chi connectivity index (χ3n) is 6.74. The molecular weight excluding hydrogens is 504 g/mol. The smallest absolute Gasteiger partial charge is 0.276 e. The molecular formula is C25H29F2N5O4S. The number of sulfone groups is 1. The van der Waals surface area contributed by atoms with Gasteiger partial charge in [0.2, 0.25) is 5.88 Å². The number of hydrogen-bond donors (Lipinski definition) is 2. The van der Waals surface area contributed by atoms with Gasteiger partial charge in [0.15, 0.2) is 21.2 Å². The van der Waals surface area contributed by atoms with Gasteiger partial charge in [-0.25, -0.2) is 27.2 Å². The Morgan fingerprint density at radius 3 is 2.62 bits per heavy atom. The summed E-state index contributed by atoms with van der Waals surface area (Å²) >= 11 is 0. The molecule has 12 heteroatoms. The van der Waals surface area contributed by atoms with Crippen molar-refractivity contribution < 1.29 is 26.7 Å². The highest BCUT2D eigenvalue weighted by molar-refractivity contribution is 7.94. The number of alkyl halides is 1. The van der Waals surface area contributed by atoms with Crippen LogP contribution in [-0.4, -0.2) is 53.4 Å². The minimum Gasteiger partial charge on any atom is -0.463 e. The van der Waals surface area contributed by atoms with E-state index in [4.69, 9.17) is 16.9 Å². The molecule has 3 atom stereocenters. The molecule has 198 valence electrons. The van der Waals surface area contributed by atoms with Crippen molar-refractivity contribution in [3.63, 3.8) is 0 Å². The van der Waals surface area contributed by atoms with Gasteiger partial charge < -0.3 is 15.8 Å². The Balaban J connectivity index is 2.03. The van der Waals surface area contributed by atoms with Gasteiger partial charge >= 0.3 is 0 Å². The van der Waals surface area contributed by atoms with Gasteiger partial charge in [-0.15, -0.1) is 6.42 Å². The molecule has 0 bridgehead atoms. The van der Waals surface area contributed by atoms with Crippen molar-refractivity contribution in [3.8, 4) is 18.2 Å². The number of terminal acetylenes is 1. The van der Waals surface area contributed by atoms with Crippen LogP contribution in [0.15, 0.2) is 29.4 Å². The van der Waals surface area contributed by atoms with Gasteiger partial charge in [-0.2, -0.15) is 0 Å². The van der Waals surface area contributed by atoms with Crippen LogP contribution < -0.4 is 15.8 Å². The zero-order valence-electron chi connectivity index (χ0n) is 21.0. The highest BCUT2D eigenvalue weighted by Crippen LogP contribution is 2.46. The number of carbonyl (C=O) groups excluding carboxylic acids is 1. The largest absolute Gasteiger partial charge is 0.463 e. The Bertz CT molecular complexity index is 1390. The standard InChI is InChI=1S/C25H29F2N5O4S/c1-6-11-36-20-13-29-21(15(4)30-20)22(33)31-16-9-10-18(27)17(12-16)24(5)19(7-2)37(34,35)25(8-3,14-26)23(28)32-24/h1,9-10,12-13,19H,7-8,11,14H2,2-5H3,(H2,28,32)(H,31,33)/t19?,24-,25?/m1/s1. The number of rotatable bonds is 8. The van der Waals surface area contributed by atoms with E-state index in [-0.39, 0.29) is 48.0 Å². The Kier molecular flexibility index (Phi) is 7.88. The van der Waals surface area contributed by atoms with E-state index in [1.165, 1.54) is 32.2 Å². The van der Waals surface area contributed by atoms with Crippen molar-refractivity contribution in [2.75, 3.05) is 18.6 Å². The van der Waals surface area contributed by atoms with Crippen LogP contribution in [0.4, 0.5) is 14.5 Å². The molecule has 2 aromatic rings. The van der Waals surface area contributed by atoms with Crippen LogP contribution in [0.3, 0.4) is 0 Å². The number of aromatic nitrogens is 2. The van der Waals surface area contributed by atoms with Crippen LogP contribution in [0.1, 0.15) is 55.4 Å². The summed E-state index contributed by atoms with van der Waals surface area (Å²) in [5.41, 5.74) is 4.70. The molecule has 37 heavy (non-hydrogen) atoms. The van der Waals surface area contributed by atoms with Crippen LogP contribution in [0.2, 0.25) is 0 Å². The van der Waals surface area contributed by atoms with Gasteiger partial charge in [-0.1, -0.05) is 19.8 Å². The van der Waals surface area contributed by atoms with Crippen molar-refractivity contribution in [1.29, 1.82) is 0 Å². The van der Waals surface area contributed by atoms with Gasteiger partial charge in [0, 0.05) is 11.3 Å². The average Bonchev–Trinajstić information content (AvgIpc) is 2.84. The Hall–Kier alpha value is -3.59. The highest BCUT2D eigenvalue weighted by atomic mass is 32.2. The summed E-state index contributed by atoms with van der Waals surface area (Å²) in [6.07, 6.45) is 6.33. The summed E-state index contributed by atoms with van der Waals surface area (Å²) in [6, 6.07) is 3.70. The summed E-state index contributed by atoms with van der Waals surface area (Å²) in [7, 11) is -4.22. The number of aliphatic imine (C=N–C) groups is 1. The van der Waals surface area contributed by atoms with Gasteiger partial charge in [-0.05, 0) is 44.9 Å². The normalized spacial score (nSPS) is 24.6. The lowest BCUT2D eigenvalue weighted by Crippen LogP contribution is -2.63. The molecule has 3 rings (SSSR count). The predicted molar refractivity (Wildman–Crippen MR) is 136 cm³/mol. The maximum absolute atomic E-state index is 15.2. The average molecular weight is 534 g/mol. The quantitative estimate of drug-likeness (QED) is 0.498. The Labute approximate surface area is 214 Å². The predicted octanol–water partition coefficient (Wildman–Crippen LogP) is 3.09. The van der Waals surface area contributed by atoms with E-state index in [1.807, 2.05) is 0 Å². The fourth-order valence-corrected chi connectivity index (χ4v) is 7.32. The number of amidine groups is 1. The highest BCUT2D eigenvalue weighted by Gasteiger charge is 2.60. The first kappa shape index (κ1) is 28.0. The lowest BCUT2D eigenvalue weighted by molar-refractivity contribution is 0.102. The molecule has 1 aliphatic rings. The second-order valence-electron chi connectivity index (χ2n) is 8.85. The number of hydrogen-bond acceptors (Lipinski definition) is 8. The molecule has 2 heterocycles. The van der Waals surface area contributed by atoms with Gasteiger partial charge in [0.25, 0.3) is 5.91 Å². The van der Waals surface area contributed by atoms with Crippen molar-refractivity contribution in [1.82, 2.24) is 9.97 Å². The van der Waals surface area contributed by atoms with E-state index in [2.05, 4.69) is 26.2 Å². The molecule has 3 N–H and O–H groups in total. The molecule has 0 saturated heterocycles.